The summed E-state index contributed by atoms with van der Waals surface area (Å²) in [6, 6.07) is 12.1. The molecule has 0 spiro atoms. The Balaban J connectivity index is 1.37. The normalized spacial score (nSPS) is 20.4. The number of carbonyl (C=O) groups is 1. The molecule has 2 amide bonds. The third-order valence-corrected chi connectivity index (χ3v) is 5.97. The van der Waals surface area contributed by atoms with Crippen LogP contribution in [0.2, 0.25) is 0 Å². The molecule has 2 aromatic carbocycles. The molecule has 0 fully saturated rings. The number of ether oxygens (including phenoxy) is 1. The zero-order valence-corrected chi connectivity index (χ0v) is 17.2. The molecule has 2 atom stereocenters. The molecule has 2 unspecified atom stereocenters. The summed E-state index contributed by atoms with van der Waals surface area (Å²) in [5, 5.41) is 15.9. The lowest BCUT2D eigenvalue weighted by Gasteiger charge is -2.29. The molecule has 4 rings (SSSR count). The Labute approximate surface area is 172 Å². The van der Waals surface area contributed by atoms with Crippen molar-refractivity contribution in [3.63, 3.8) is 0 Å². The van der Waals surface area contributed by atoms with Gasteiger partial charge in [-0.1, -0.05) is 44.2 Å². The average molecular weight is 395 g/mol. The molecule has 0 saturated carbocycles. The fourth-order valence-electron chi connectivity index (χ4n) is 4.35. The highest BCUT2D eigenvalue weighted by atomic mass is 16.5. The molecular weight excluding hydrogens is 364 g/mol. The summed E-state index contributed by atoms with van der Waals surface area (Å²) in [4.78, 5) is 12.5. The van der Waals surface area contributed by atoms with Crippen LogP contribution in [0.25, 0.3) is 0 Å². The van der Waals surface area contributed by atoms with E-state index in [9.17, 15) is 9.90 Å². The quantitative estimate of drug-likeness (QED) is 0.729. The van der Waals surface area contributed by atoms with Gasteiger partial charge in [0.1, 0.15) is 11.9 Å². The number of aliphatic hydroxyl groups is 1. The summed E-state index contributed by atoms with van der Waals surface area (Å²) < 4.78 is 6.25. The van der Waals surface area contributed by atoms with E-state index in [0.717, 1.165) is 42.7 Å². The van der Waals surface area contributed by atoms with Crippen molar-refractivity contribution in [1.29, 1.82) is 0 Å². The highest BCUT2D eigenvalue weighted by Crippen LogP contribution is 2.35. The molecule has 1 heterocycles. The Morgan fingerprint density at radius 1 is 1.14 bits per heavy atom. The zero-order valence-electron chi connectivity index (χ0n) is 17.2. The molecule has 3 N–H and O–H groups in total. The summed E-state index contributed by atoms with van der Waals surface area (Å²) in [7, 11) is 0. The molecule has 5 heteroatoms. The summed E-state index contributed by atoms with van der Waals surface area (Å²) in [6.45, 7) is 4.81. The molecule has 2 aromatic rings. The summed E-state index contributed by atoms with van der Waals surface area (Å²) in [6.07, 6.45) is 3.71. The highest BCUT2D eigenvalue weighted by molar-refractivity contribution is 5.90. The van der Waals surface area contributed by atoms with Crippen molar-refractivity contribution in [2.75, 3.05) is 11.9 Å². The van der Waals surface area contributed by atoms with E-state index < -0.39 is 0 Å². The number of rotatable bonds is 4. The van der Waals surface area contributed by atoms with Gasteiger partial charge in [0, 0.05) is 12.1 Å². The van der Waals surface area contributed by atoms with Gasteiger partial charge in [-0.3, -0.25) is 0 Å². The van der Waals surface area contributed by atoms with Crippen molar-refractivity contribution in [3.8, 4) is 5.75 Å². The van der Waals surface area contributed by atoms with E-state index in [0.29, 0.717) is 18.9 Å². The van der Waals surface area contributed by atoms with Crippen LogP contribution in [0, 0.1) is 0 Å². The standard InChI is InChI=1S/C24H30N2O3/c1-15(2)20-7-3-6-17-10-12-19(29-23(17)20)14-25-24(28)26-22-8-4-5-16-9-11-18(27)13-21(16)22/h3-8,15,18-19,27H,9-14H2,1-2H3,(H2,25,26,28). The first-order chi connectivity index (χ1) is 14.0. The van der Waals surface area contributed by atoms with E-state index in [2.05, 4.69) is 48.7 Å². The number of aryl methyl sites for hydroxylation is 2. The van der Waals surface area contributed by atoms with E-state index in [1.54, 1.807) is 0 Å². The first-order valence-corrected chi connectivity index (χ1v) is 10.6. The van der Waals surface area contributed by atoms with Gasteiger partial charge in [-0.2, -0.15) is 0 Å². The summed E-state index contributed by atoms with van der Waals surface area (Å²) in [5.74, 6) is 1.40. The Kier molecular flexibility index (Phi) is 5.76. The minimum atomic E-state index is -0.334. The number of aliphatic hydroxyl groups excluding tert-OH is 1. The number of urea groups is 1. The number of amides is 2. The topological polar surface area (TPSA) is 70.6 Å². The molecule has 5 nitrogen and oxygen atoms in total. The molecule has 0 saturated heterocycles. The molecule has 0 aromatic heterocycles. The van der Waals surface area contributed by atoms with Crippen molar-refractivity contribution in [2.45, 2.75) is 64.1 Å². The summed E-state index contributed by atoms with van der Waals surface area (Å²) >= 11 is 0. The number of benzene rings is 2. The van der Waals surface area contributed by atoms with E-state index in [1.807, 2.05) is 12.1 Å². The maximum Gasteiger partial charge on any atom is 0.319 e. The molecule has 29 heavy (non-hydrogen) atoms. The largest absolute Gasteiger partial charge is 0.488 e. The molecule has 1 aliphatic heterocycles. The third-order valence-electron chi connectivity index (χ3n) is 5.97. The number of para-hydroxylation sites is 1. The van der Waals surface area contributed by atoms with E-state index in [1.165, 1.54) is 16.7 Å². The Morgan fingerprint density at radius 3 is 2.72 bits per heavy atom. The van der Waals surface area contributed by atoms with Crippen molar-refractivity contribution in [1.82, 2.24) is 5.32 Å². The van der Waals surface area contributed by atoms with Crippen LogP contribution in [0.4, 0.5) is 10.5 Å². The highest BCUT2D eigenvalue weighted by Gasteiger charge is 2.24. The van der Waals surface area contributed by atoms with Crippen molar-refractivity contribution in [3.05, 3.63) is 58.7 Å². The van der Waals surface area contributed by atoms with Crippen LogP contribution < -0.4 is 15.4 Å². The molecule has 0 radical (unpaired) electrons. The smallest absolute Gasteiger partial charge is 0.319 e. The van der Waals surface area contributed by atoms with Crippen LogP contribution in [-0.4, -0.2) is 29.9 Å². The number of carbonyl (C=O) groups excluding carboxylic acids is 1. The first-order valence-electron chi connectivity index (χ1n) is 10.6. The van der Waals surface area contributed by atoms with Gasteiger partial charge in [0.2, 0.25) is 0 Å². The second-order valence-electron chi connectivity index (χ2n) is 8.44. The lowest BCUT2D eigenvalue weighted by molar-refractivity contribution is 0.159. The van der Waals surface area contributed by atoms with Crippen molar-refractivity contribution in [2.24, 2.45) is 0 Å². The minimum Gasteiger partial charge on any atom is -0.488 e. The van der Waals surface area contributed by atoms with Crippen LogP contribution in [0.5, 0.6) is 5.75 Å². The lowest BCUT2D eigenvalue weighted by Crippen LogP contribution is -2.39. The maximum atomic E-state index is 12.5. The van der Waals surface area contributed by atoms with Crippen LogP contribution in [0.1, 0.15) is 54.9 Å². The monoisotopic (exact) mass is 394 g/mol. The van der Waals surface area contributed by atoms with Gasteiger partial charge in [0.05, 0.1) is 12.6 Å². The number of hydrogen-bond donors (Lipinski definition) is 3. The van der Waals surface area contributed by atoms with Crippen LogP contribution >= 0.6 is 0 Å². The SMILES string of the molecule is CC(C)c1cccc2c1OC(CNC(=O)Nc1cccc3c1CC(O)CC3)CC2. The fraction of sp³-hybridized carbons (Fsp3) is 0.458. The Hall–Kier alpha value is -2.53. The van der Waals surface area contributed by atoms with E-state index >= 15 is 0 Å². The van der Waals surface area contributed by atoms with Gasteiger partial charge in [-0.05, 0) is 59.9 Å². The van der Waals surface area contributed by atoms with E-state index in [-0.39, 0.29) is 18.2 Å². The molecule has 154 valence electrons. The number of fused-ring (bicyclic) bond motifs is 2. The molecule has 0 bridgehead atoms. The average Bonchev–Trinajstić information content (AvgIpc) is 2.72. The number of anilines is 1. The van der Waals surface area contributed by atoms with Crippen molar-refractivity contribution < 1.29 is 14.6 Å². The predicted molar refractivity (Wildman–Crippen MR) is 115 cm³/mol. The Morgan fingerprint density at radius 2 is 1.90 bits per heavy atom. The van der Waals surface area contributed by atoms with Crippen molar-refractivity contribution >= 4 is 11.7 Å². The lowest BCUT2D eigenvalue weighted by atomic mass is 9.88. The van der Waals surface area contributed by atoms with Gasteiger partial charge >= 0.3 is 6.03 Å². The van der Waals surface area contributed by atoms with Gasteiger partial charge in [0.25, 0.3) is 0 Å². The second-order valence-corrected chi connectivity index (χ2v) is 8.44. The molecular formula is C24H30N2O3. The zero-order chi connectivity index (χ0) is 20.4. The minimum absolute atomic E-state index is 0.0281. The van der Waals surface area contributed by atoms with Crippen LogP contribution in [0.3, 0.4) is 0 Å². The van der Waals surface area contributed by atoms with Gasteiger partial charge < -0.3 is 20.5 Å². The summed E-state index contributed by atoms with van der Waals surface area (Å²) in [5.41, 5.74) is 5.53. The fourth-order valence-corrected chi connectivity index (χ4v) is 4.35. The third kappa shape index (κ3) is 4.40. The van der Waals surface area contributed by atoms with Gasteiger partial charge in [-0.15, -0.1) is 0 Å². The molecule has 1 aliphatic carbocycles. The second kappa shape index (κ2) is 8.46. The maximum absolute atomic E-state index is 12.5. The molecule has 2 aliphatic rings. The first kappa shape index (κ1) is 19.8. The van der Waals surface area contributed by atoms with Crippen LogP contribution in [0.15, 0.2) is 36.4 Å². The van der Waals surface area contributed by atoms with E-state index in [4.69, 9.17) is 4.74 Å². The Bertz CT molecular complexity index is 894. The number of hydrogen-bond acceptors (Lipinski definition) is 3. The number of nitrogens with one attached hydrogen (secondary N) is 2. The van der Waals surface area contributed by atoms with Gasteiger partial charge in [-0.25, -0.2) is 4.79 Å². The van der Waals surface area contributed by atoms with Crippen LogP contribution in [-0.2, 0) is 19.3 Å². The van der Waals surface area contributed by atoms with Gasteiger partial charge in [0.15, 0.2) is 0 Å². The predicted octanol–water partition coefficient (Wildman–Crippen LogP) is 4.17.